The van der Waals surface area contributed by atoms with Crippen molar-refractivity contribution in [3.8, 4) is 0 Å². The Morgan fingerprint density at radius 1 is 1.48 bits per heavy atom. The molecule has 21 heavy (non-hydrogen) atoms. The third-order valence-corrected chi connectivity index (χ3v) is 4.19. The summed E-state index contributed by atoms with van der Waals surface area (Å²) in [5.41, 5.74) is 2.50. The van der Waals surface area contributed by atoms with Gasteiger partial charge in [-0.05, 0) is 18.1 Å². The molecule has 0 saturated carbocycles. The summed E-state index contributed by atoms with van der Waals surface area (Å²) in [4.78, 5) is 14.4. The van der Waals surface area contributed by atoms with E-state index < -0.39 is 0 Å². The van der Waals surface area contributed by atoms with Crippen LogP contribution in [-0.2, 0) is 20.9 Å². The van der Waals surface area contributed by atoms with Gasteiger partial charge < -0.3 is 14.8 Å². The lowest BCUT2D eigenvalue weighted by Gasteiger charge is -2.42. The summed E-state index contributed by atoms with van der Waals surface area (Å²) in [6.45, 7) is 5.89. The lowest BCUT2D eigenvalue weighted by molar-refractivity contribution is -0.152. The Kier molecular flexibility index (Phi) is 4.53. The van der Waals surface area contributed by atoms with Gasteiger partial charge in [-0.25, -0.2) is 0 Å². The van der Waals surface area contributed by atoms with E-state index in [-0.39, 0.29) is 18.1 Å². The molecular formula is C16H22N2O3. The van der Waals surface area contributed by atoms with Gasteiger partial charge in [0.1, 0.15) is 6.04 Å². The Bertz CT molecular complexity index is 506. The van der Waals surface area contributed by atoms with E-state index in [4.69, 9.17) is 9.47 Å². The van der Waals surface area contributed by atoms with Crippen molar-refractivity contribution in [3.63, 3.8) is 0 Å². The molecule has 2 atom stereocenters. The molecule has 2 aliphatic heterocycles. The van der Waals surface area contributed by atoms with E-state index in [2.05, 4.69) is 28.4 Å². The lowest BCUT2D eigenvalue weighted by Crippen LogP contribution is -2.57. The number of carbonyl (C=O) groups is 1. The molecule has 1 saturated heterocycles. The number of esters is 1. The van der Waals surface area contributed by atoms with E-state index in [0.717, 1.165) is 13.1 Å². The summed E-state index contributed by atoms with van der Waals surface area (Å²) in [6.07, 6.45) is 0. The van der Waals surface area contributed by atoms with Gasteiger partial charge in [-0.1, -0.05) is 24.3 Å². The van der Waals surface area contributed by atoms with Gasteiger partial charge in [0.2, 0.25) is 0 Å². The van der Waals surface area contributed by atoms with E-state index in [9.17, 15) is 4.79 Å². The Balaban J connectivity index is 1.85. The summed E-state index contributed by atoms with van der Waals surface area (Å²) >= 11 is 0. The maximum atomic E-state index is 12.2. The smallest absolute Gasteiger partial charge is 0.324 e. The van der Waals surface area contributed by atoms with E-state index in [1.165, 1.54) is 11.1 Å². The van der Waals surface area contributed by atoms with E-state index in [1.807, 2.05) is 13.0 Å². The van der Waals surface area contributed by atoms with Gasteiger partial charge in [-0.2, -0.15) is 0 Å². The van der Waals surface area contributed by atoms with Crippen LogP contribution < -0.4 is 5.32 Å². The molecule has 1 aromatic rings. The van der Waals surface area contributed by atoms with Crippen LogP contribution >= 0.6 is 0 Å². The number of nitrogens with one attached hydrogen (secondary N) is 1. The zero-order valence-electron chi connectivity index (χ0n) is 12.4. The molecule has 0 radical (unpaired) electrons. The molecule has 0 amide bonds. The number of rotatable bonds is 3. The normalized spacial score (nSPS) is 26.1. The summed E-state index contributed by atoms with van der Waals surface area (Å²) in [7, 11) is 0. The second-order valence-corrected chi connectivity index (χ2v) is 5.44. The number of benzene rings is 1. The molecule has 3 rings (SSSR count). The molecule has 2 aliphatic rings. The summed E-state index contributed by atoms with van der Waals surface area (Å²) < 4.78 is 11.0. The molecule has 1 N–H and O–H groups in total. The minimum atomic E-state index is -0.238. The van der Waals surface area contributed by atoms with Crippen molar-refractivity contribution >= 4 is 5.97 Å². The van der Waals surface area contributed by atoms with Crippen LogP contribution in [0.1, 0.15) is 24.1 Å². The predicted molar refractivity (Wildman–Crippen MR) is 78.8 cm³/mol. The van der Waals surface area contributed by atoms with Crippen LogP contribution in [0.15, 0.2) is 24.3 Å². The Morgan fingerprint density at radius 2 is 2.33 bits per heavy atom. The minimum absolute atomic E-state index is 0.131. The van der Waals surface area contributed by atoms with Crippen LogP contribution in [0.4, 0.5) is 0 Å². The summed E-state index contributed by atoms with van der Waals surface area (Å²) in [5, 5.41) is 3.28. The molecule has 1 fully saturated rings. The predicted octanol–water partition coefficient (Wildman–Crippen LogP) is 1.09. The molecule has 0 spiro atoms. The molecule has 0 bridgehead atoms. The van der Waals surface area contributed by atoms with Crippen molar-refractivity contribution in [2.45, 2.75) is 25.6 Å². The van der Waals surface area contributed by atoms with E-state index >= 15 is 0 Å². The van der Waals surface area contributed by atoms with Crippen molar-refractivity contribution in [2.75, 3.05) is 32.8 Å². The van der Waals surface area contributed by atoms with E-state index in [0.29, 0.717) is 26.4 Å². The molecule has 114 valence electrons. The Hall–Kier alpha value is -1.43. The number of hydrogen-bond donors (Lipinski definition) is 1. The SMILES string of the molecule is CCOC(=O)C1CNCCN1C1COCc2ccccc21. The number of hydrogen-bond acceptors (Lipinski definition) is 5. The summed E-state index contributed by atoms with van der Waals surface area (Å²) in [6, 6.07) is 8.23. The average Bonchev–Trinajstić information content (AvgIpc) is 2.54. The number of piperazine rings is 1. The molecule has 1 aromatic carbocycles. The van der Waals surface area contributed by atoms with Gasteiger partial charge in [0, 0.05) is 19.6 Å². The van der Waals surface area contributed by atoms with Crippen LogP contribution in [0.5, 0.6) is 0 Å². The van der Waals surface area contributed by atoms with Gasteiger partial charge in [0.05, 0.1) is 25.9 Å². The minimum Gasteiger partial charge on any atom is -0.465 e. The fourth-order valence-corrected chi connectivity index (χ4v) is 3.19. The van der Waals surface area contributed by atoms with Gasteiger partial charge in [0.15, 0.2) is 0 Å². The highest BCUT2D eigenvalue weighted by atomic mass is 16.5. The number of nitrogens with zero attached hydrogens (tertiary/aromatic N) is 1. The van der Waals surface area contributed by atoms with Gasteiger partial charge in [-0.15, -0.1) is 0 Å². The Labute approximate surface area is 125 Å². The summed E-state index contributed by atoms with van der Waals surface area (Å²) in [5.74, 6) is -0.146. The number of fused-ring (bicyclic) bond motifs is 1. The topological polar surface area (TPSA) is 50.8 Å². The molecule has 0 aromatic heterocycles. The highest BCUT2D eigenvalue weighted by Gasteiger charge is 2.37. The van der Waals surface area contributed by atoms with Crippen molar-refractivity contribution < 1.29 is 14.3 Å². The first-order valence-corrected chi connectivity index (χ1v) is 7.60. The van der Waals surface area contributed by atoms with E-state index in [1.54, 1.807) is 0 Å². The van der Waals surface area contributed by atoms with Gasteiger partial charge >= 0.3 is 5.97 Å². The molecule has 2 unspecified atom stereocenters. The molecule has 5 heteroatoms. The second kappa shape index (κ2) is 6.56. The quantitative estimate of drug-likeness (QED) is 0.845. The van der Waals surface area contributed by atoms with Crippen molar-refractivity contribution in [2.24, 2.45) is 0 Å². The highest BCUT2D eigenvalue weighted by Crippen LogP contribution is 2.31. The van der Waals surface area contributed by atoms with Crippen LogP contribution in [0.2, 0.25) is 0 Å². The fourth-order valence-electron chi connectivity index (χ4n) is 3.19. The first-order valence-electron chi connectivity index (χ1n) is 7.60. The first-order chi connectivity index (χ1) is 10.3. The molecule has 2 heterocycles. The van der Waals surface area contributed by atoms with Crippen molar-refractivity contribution in [3.05, 3.63) is 35.4 Å². The highest BCUT2D eigenvalue weighted by molar-refractivity contribution is 5.76. The fraction of sp³-hybridized carbons (Fsp3) is 0.562. The van der Waals surface area contributed by atoms with Crippen LogP contribution in [0.25, 0.3) is 0 Å². The van der Waals surface area contributed by atoms with Crippen LogP contribution in [-0.4, -0.2) is 49.8 Å². The Morgan fingerprint density at radius 3 is 3.19 bits per heavy atom. The zero-order valence-corrected chi connectivity index (χ0v) is 12.4. The van der Waals surface area contributed by atoms with Gasteiger partial charge in [-0.3, -0.25) is 9.69 Å². The number of carbonyl (C=O) groups excluding carboxylic acids is 1. The largest absolute Gasteiger partial charge is 0.465 e. The third kappa shape index (κ3) is 2.95. The van der Waals surface area contributed by atoms with Crippen molar-refractivity contribution in [1.29, 1.82) is 0 Å². The zero-order chi connectivity index (χ0) is 14.7. The lowest BCUT2D eigenvalue weighted by atomic mass is 9.96. The standard InChI is InChI=1S/C16H22N2O3/c1-2-21-16(19)14-9-17-7-8-18(14)15-11-20-10-12-5-3-4-6-13(12)15/h3-6,14-15,17H,2,7-11H2,1H3. The van der Waals surface area contributed by atoms with Crippen molar-refractivity contribution in [1.82, 2.24) is 10.2 Å². The second-order valence-electron chi connectivity index (χ2n) is 5.44. The maximum Gasteiger partial charge on any atom is 0.324 e. The molecular weight excluding hydrogens is 268 g/mol. The number of ether oxygens (including phenoxy) is 2. The van der Waals surface area contributed by atoms with Crippen LogP contribution in [0, 0.1) is 0 Å². The molecule has 5 nitrogen and oxygen atoms in total. The maximum absolute atomic E-state index is 12.2. The molecule has 0 aliphatic carbocycles. The average molecular weight is 290 g/mol. The van der Waals surface area contributed by atoms with Crippen LogP contribution in [0.3, 0.4) is 0 Å². The monoisotopic (exact) mass is 290 g/mol. The first kappa shape index (κ1) is 14.5. The third-order valence-electron chi connectivity index (χ3n) is 4.19. The van der Waals surface area contributed by atoms with Gasteiger partial charge in [0.25, 0.3) is 0 Å².